The summed E-state index contributed by atoms with van der Waals surface area (Å²) in [5.74, 6) is 2.00. The molecule has 0 saturated heterocycles. The summed E-state index contributed by atoms with van der Waals surface area (Å²) in [6, 6.07) is 0.461. The van der Waals surface area contributed by atoms with Crippen LogP contribution in [-0.4, -0.2) is 30.4 Å². The number of aromatic nitrogens is 5. The second kappa shape index (κ2) is 6.65. The van der Waals surface area contributed by atoms with Gasteiger partial charge < -0.3 is 9.88 Å². The molecule has 0 saturated carbocycles. The molecule has 0 radical (unpaired) electrons. The molecule has 6 heteroatoms. The van der Waals surface area contributed by atoms with Crippen molar-refractivity contribution in [1.29, 1.82) is 0 Å². The third-order valence-electron chi connectivity index (χ3n) is 3.26. The van der Waals surface area contributed by atoms with E-state index in [1.54, 1.807) is 6.33 Å². The molecule has 0 atom stereocenters. The van der Waals surface area contributed by atoms with E-state index < -0.39 is 0 Å². The predicted octanol–water partition coefficient (Wildman–Crippen LogP) is 1.74. The maximum absolute atomic E-state index is 4.42. The molecule has 0 aliphatic carbocycles. The molecule has 0 aliphatic heterocycles. The molecule has 2 aromatic heterocycles. The third kappa shape index (κ3) is 3.45. The van der Waals surface area contributed by atoms with Crippen LogP contribution >= 0.6 is 0 Å². The molecule has 0 fully saturated rings. The van der Waals surface area contributed by atoms with Gasteiger partial charge in [-0.2, -0.15) is 5.10 Å². The van der Waals surface area contributed by atoms with Gasteiger partial charge in [-0.15, -0.1) is 0 Å². The van der Waals surface area contributed by atoms with E-state index in [0.29, 0.717) is 6.04 Å². The number of imidazole rings is 1. The summed E-state index contributed by atoms with van der Waals surface area (Å²) in [6.07, 6.45) is 4.62. The zero-order valence-electron chi connectivity index (χ0n) is 12.8. The number of rotatable bonds is 7. The SMILES string of the molecule is CCCn1ncnc1Cn1c(CNC(C)C)cnc1C. The van der Waals surface area contributed by atoms with Crippen LogP contribution in [0.4, 0.5) is 0 Å². The Morgan fingerprint density at radius 2 is 2.10 bits per heavy atom. The molecule has 2 heterocycles. The largest absolute Gasteiger partial charge is 0.323 e. The molecule has 20 heavy (non-hydrogen) atoms. The summed E-state index contributed by atoms with van der Waals surface area (Å²) < 4.78 is 4.17. The van der Waals surface area contributed by atoms with Gasteiger partial charge in [0, 0.05) is 25.3 Å². The Balaban J connectivity index is 2.15. The van der Waals surface area contributed by atoms with Gasteiger partial charge in [0.15, 0.2) is 0 Å². The summed E-state index contributed by atoms with van der Waals surface area (Å²) in [5.41, 5.74) is 1.18. The Labute approximate surface area is 120 Å². The fourth-order valence-corrected chi connectivity index (χ4v) is 2.13. The van der Waals surface area contributed by atoms with Gasteiger partial charge in [-0.1, -0.05) is 20.8 Å². The summed E-state index contributed by atoms with van der Waals surface area (Å²) >= 11 is 0. The van der Waals surface area contributed by atoms with Crippen LogP contribution in [0.3, 0.4) is 0 Å². The van der Waals surface area contributed by atoms with Crippen molar-refractivity contribution < 1.29 is 0 Å². The zero-order valence-corrected chi connectivity index (χ0v) is 12.8. The van der Waals surface area contributed by atoms with Crippen molar-refractivity contribution >= 4 is 0 Å². The fraction of sp³-hybridized carbons (Fsp3) is 0.643. The van der Waals surface area contributed by atoms with E-state index in [2.05, 4.69) is 45.7 Å². The molecular weight excluding hydrogens is 252 g/mol. The first kappa shape index (κ1) is 14.7. The monoisotopic (exact) mass is 276 g/mol. The van der Waals surface area contributed by atoms with E-state index in [0.717, 1.165) is 37.7 Å². The minimum Gasteiger partial charge on any atom is -0.323 e. The quantitative estimate of drug-likeness (QED) is 0.837. The van der Waals surface area contributed by atoms with Crippen LogP contribution < -0.4 is 5.32 Å². The Hall–Kier alpha value is -1.69. The minimum atomic E-state index is 0.461. The van der Waals surface area contributed by atoms with Gasteiger partial charge in [-0.05, 0) is 13.3 Å². The number of nitrogens with one attached hydrogen (secondary N) is 1. The first-order valence-corrected chi connectivity index (χ1v) is 7.22. The first-order chi connectivity index (χ1) is 9.61. The number of hydrogen-bond acceptors (Lipinski definition) is 4. The molecule has 0 aromatic carbocycles. The molecule has 0 spiro atoms. The lowest BCUT2D eigenvalue weighted by Crippen LogP contribution is -2.24. The van der Waals surface area contributed by atoms with E-state index in [9.17, 15) is 0 Å². The molecule has 110 valence electrons. The Morgan fingerprint density at radius 3 is 2.80 bits per heavy atom. The van der Waals surface area contributed by atoms with E-state index in [4.69, 9.17) is 0 Å². The topological polar surface area (TPSA) is 60.6 Å². The molecule has 1 N–H and O–H groups in total. The van der Waals surface area contributed by atoms with Crippen molar-refractivity contribution in [2.24, 2.45) is 0 Å². The highest BCUT2D eigenvalue weighted by atomic mass is 15.3. The van der Waals surface area contributed by atoms with E-state index >= 15 is 0 Å². The van der Waals surface area contributed by atoms with Crippen LogP contribution in [-0.2, 0) is 19.6 Å². The lowest BCUT2D eigenvalue weighted by molar-refractivity contribution is 0.530. The van der Waals surface area contributed by atoms with Crippen molar-refractivity contribution in [1.82, 2.24) is 29.6 Å². The summed E-state index contributed by atoms with van der Waals surface area (Å²) in [6.45, 7) is 10.9. The van der Waals surface area contributed by atoms with Crippen LogP contribution in [0, 0.1) is 6.92 Å². The first-order valence-electron chi connectivity index (χ1n) is 7.22. The van der Waals surface area contributed by atoms with Gasteiger partial charge in [0.1, 0.15) is 18.0 Å². The fourth-order valence-electron chi connectivity index (χ4n) is 2.13. The smallest absolute Gasteiger partial charge is 0.146 e. The summed E-state index contributed by atoms with van der Waals surface area (Å²) in [7, 11) is 0. The number of aryl methyl sites for hydroxylation is 2. The van der Waals surface area contributed by atoms with Crippen molar-refractivity contribution in [2.75, 3.05) is 0 Å². The maximum atomic E-state index is 4.42. The normalized spacial score (nSPS) is 11.4. The van der Waals surface area contributed by atoms with Crippen LogP contribution in [0.15, 0.2) is 12.5 Å². The summed E-state index contributed by atoms with van der Waals surface area (Å²) in [5, 5.41) is 7.71. The Morgan fingerprint density at radius 1 is 1.30 bits per heavy atom. The van der Waals surface area contributed by atoms with Gasteiger partial charge in [-0.3, -0.25) is 0 Å². The lowest BCUT2D eigenvalue weighted by Gasteiger charge is -2.13. The Bertz CT molecular complexity index is 540. The van der Waals surface area contributed by atoms with Crippen LogP contribution in [0.2, 0.25) is 0 Å². The standard InChI is InChI=1S/C14H24N6/c1-5-6-20-14(17-10-18-20)9-19-12(4)16-8-13(19)7-15-11(2)3/h8,10-11,15H,5-7,9H2,1-4H3. The molecular formula is C14H24N6. The van der Waals surface area contributed by atoms with Crippen molar-refractivity contribution in [2.45, 2.75) is 59.8 Å². The maximum Gasteiger partial charge on any atom is 0.146 e. The van der Waals surface area contributed by atoms with Gasteiger partial charge >= 0.3 is 0 Å². The van der Waals surface area contributed by atoms with E-state index in [-0.39, 0.29) is 0 Å². The Kier molecular flexibility index (Phi) is 4.89. The van der Waals surface area contributed by atoms with Crippen molar-refractivity contribution in [3.63, 3.8) is 0 Å². The molecule has 0 aliphatic rings. The molecule has 0 unspecified atom stereocenters. The lowest BCUT2D eigenvalue weighted by atomic mass is 10.3. The molecule has 0 bridgehead atoms. The van der Waals surface area contributed by atoms with Gasteiger partial charge in [-0.25, -0.2) is 14.6 Å². The zero-order chi connectivity index (χ0) is 14.5. The van der Waals surface area contributed by atoms with Gasteiger partial charge in [0.25, 0.3) is 0 Å². The average molecular weight is 276 g/mol. The van der Waals surface area contributed by atoms with Crippen LogP contribution in [0.25, 0.3) is 0 Å². The molecule has 2 aromatic rings. The number of hydrogen-bond donors (Lipinski definition) is 1. The van der Waals surface area contributed by atoms with Gasteiger partial charge in [0.05, 0.1) is 12.2 Å². The second-order valence-corrected chi connectivity index (χ2v) is 5.32. The third-order valence-corrected chi connectivity index (χ3v) is 3.26. The van der Waals surface area contributed by atoms with Crippen LogP contribution in [0.1, 0.15) is 44.5 Å². The highest BCUT2D eigenvalue weighted by molar-refractivity contribution is 5.07. The van der Waals surface area contributed by atoms with E-state index in [1.807, 2.05) is 17.8 Å². The highest BCUT2D eigenvalue weighted by Gasteiger charge is 2.11. The van der Waals surface area contributed by atoms with E-state index in [1.165, 1.54) is 5.69 Å². The van der Waals surface area contributed by atoms with Crippen molar-refractivity contribution in [3.05, 3.63) is 29.9 Å². The highest BCUT2D eigenvalue weighted by Crippen LogP contribution is 2.09. The minimum absolute atomic E-state index is 0.461. The summed E-state index contributed by atoms with van der Waals surface area (Å²) in [4.78, 5) is 8.79. The molecule has 0 amide bonds. The molecule has 6 nitrogen and oxygen atoms in total. The average Bonchev–Trinajstić information content (AvgIpc) is 2.97. The number of nitrogens with zero attached hydrogens (tertiary/aromatic N) is 5. The molecule has 2 rings (SSSR count). The van der Waals surface area contributed by atoms with Crippen molar-refractivity contribution in [3.8, 4) is 0 Å². The van der Waals surface area contributed by atoms with Gasteiger partial charge in [0.2, 0.25) is 0 Å². The predicted molar refractivity (Wildman–Crippen MR) is 78.4 cm³/mol. The second-order valence-electron chi connectivity index (χ2n) is 5.32. The van der Waals surface area contributed by atoms with Crippen LogP contribution in [0.5, 0.6) is 0 Å².